The van der Waals surface area contributed by atoms with E-state index in [0.717, 1.165) is 38.2 Å². The molecule has 1 N–H and O–H groups in total. The molecule has 3 aromatic rings. The van der Waals surface area contributed by atoms with Crippen LogP contribution in [0, 0.1) is 0 Å². The van der Waals surface area contributed by atoms with Gasteiger partial charge in [-0.3, -0.25) is 9.97 Å². The minimum atomic E-state index is -0.454. The highest BCUT2D eigenvalue weighted by atomic mass is 79.9. The monoisotopic (exact) mass is 544 g/mol. The van der Waals surface area contributed by atoms with Gasteiger partial charge in [-0.25, -0.2) is 0 Å². The van der Waals surface area contributed by atoms with E-state index in [1.165, 1.54) is 0 Å². The van der Waals surface area contributed by atoms with Gasteiger partial charge in [0.15, 0.2) is 0 Å². The lowest BCUT2D eigenvalue weighted by molar-refractivity contribution is 0.159. The van der Waals surface area contributed by atoms with E-state index >= 15 is 0 Å². The van der Waals surface area contributed by atoms with Crippen LogP contribution in [0.25, 0.3) is 0 Å². The number of rotatable bonds is 5. The van der Waals surface area contributed by atoms with Crippen LogP contribution in [0.3, 0.4) is 0 Å². The van der Waals surface area contributed by atoms with Gasteiger partial charge in [0.2, 0.25) is 0 Å². The Kier molecular flexibility index (Phi) is 9.89. The first-order chi connectivity index (χ1) is 13.4. The van der Waals surface area contributed by atoms with Crippen molar-refractivity contribution in [3.8, 4) is 0 Å². The lowest BCUT2D eigenvalue weighted by atomic mass is 9.91. The normalized spacial score (nSPS) is 12.6. The number of halogens is 4. The number of benzene rings is 1. The number of hydrogen-bond donors (Lipinski definition) is 1. The molecule has 2 heterocycles. The van der Waals surface area contributed by atoms with Crippen LogP contribution in [0.1, 0.15) is 29.8 Å². The van der Waals surface area contributed by atoms with E-state index in [1.54, 1.807) is 19.3 Å². The number of alkyl halides is 1. The second kappa shape index (κ2) is 11.9. The first kappa shape index (κ1) is 23.3. The molecule has 0 saturated heterocycles. The van der Waals surface area contributed by atoms with Gasteiger partial charge in [-0.1, -0.05) is 51.3 Å². The molecule has 0 spiro atoms. The van der Waals surface area contributed by atoms with Crippen LogP contribution in [-0.2, 0) is 11.8 Å². The third-order valence-electron chi connectivity index (χ3n) is 4.01. The van der Waals surface area contributed by atoms with Gasteiger partial charge in [-0.2, -0.15) is 0 Å². The van der Waals surface area contributed by atoms with Crippen molar-refractivity contribution in [2.75, 3.05) is 0 Å². The zero-order chi connectivity index (χ0) is 20.5. The van der Waals surface area contributed by atoms with Gasteiger partial charge in [0.1, 0.15) is 0 Å². The van der Waals surface area contributed by atoms with Crippen LogP contribution in [0.2, 0.25) is 10.0 Å². The van der Waals surface area contributed by atoms with Crippen molar-refractivity contribution in [2.45, 2.75) is 30.7 Å². The zero-order valence-electron chi connectivity index (χ0n) is 15.2. The van der Waals surface area contributed by atoms with Gasteiger partial charge < -0.3 is 5.11 Å². The largest absolute Gasteiger partial charge is 0.393 e. The molecule has 1 aromatic carbocycles. The lowest BCUT2D eigenvalue weighted by Gasteiger charge is -2.19. The molecule has 0 radical (unpaired) electrons. The summed E-state index contributed by atoms with van der Waals surface area (Å²) in [6.45, 7) is 1.80. The Hall–Kier alpha value is -0.980. The Labute approximate surface area is 192 Å². The predicted molar refractivity (Wildman–Crippen MR) is 123 cm³/mol. The summed E-state index contributed by atoms with van der Waals surface area (Å²) in [6.07, 6.45) is 3.68. The van der Waals surface area contributed by atoms with Gasteiger partial charge in [0.25, 0.3) is 0 Å². The van der Waals surface area contributed by atoms with Gasteiger partial charge in [-0.05, 0) is 71.2 Å². The fourth-order valence-electron chi connectivity index (χ4n) is 2.49. The molecule has 0 aliphatic rings. The lowest BCUT2D eigenvalue weighted by Crippen LogP contribution is -2.18. The van der Waals surface area contributed by atoms with Gasteiger partial charge in [0.05, 0.1) is 16.8 Å². The maximum absolute atomic E-state index is 9.97. The molecule has 0 amide bonds. The highest BCUT2D eigenvalue weighted by Gasteiger charge is 2.19. The maximum atomic E-state index is 9.97. The zero-order valence-corrected chi connectivity index (χ0v) is 19.9. The van der Waals surface area contributed by atoms with E-state index < -0.39 is 6.10 Å². The molecule has 2 unspecified atom stereocenters. The standard InChI is InChI=1S/C15H15BrClNO.C6H5BrClN/c1-10(19)14(15-7-4-12(16)9-18-15)8-11-2-5-13(17)6-3-11;7-3-6-2-1-5(8)4-9-6/h2-7,9-10,14,19H,8H2,1H3;1-2,4H,3H2. The molecular formula is C21H20Br2Cl2N2O. The highest BCUT2D eigenvalue weighted by Crippen LogP contribution is 2.24. The topological polar surface area (TPSA) is 46.0 Å². The summed E-state index contributed by atoms with van der Waals surface area (Å²) >= 11 is 18.1. The van der Waals surface area contributed by atoms with Crippen molar-refractivity contribution in [1.82, 2.24) is 9.97 Å². The van der Waals surface area contributed by atoms with Crippen LogP contribution in [0.15, 0.2) is 65.4 Å². The van der Waals surface area contributed by atoms with E-state index in [1.807, 2.05) is 48.5 Å². The summed E-state index contributed by atoms with van der Waals surface area (Å²) in [5, 5.41) is 12.2. The summed E-state index contributed by atoms with van der Waals surface area (Å²) < 4.78 is 0.937. The van der Waals surface area contributed by atoms with Crippen molar-refractivity contribution in [2.24, 2.45) is 0 Å². The van der Waals surface area contributed by atoms with Crippen LogP contribution in [-0.4, -0.2) is 21.2 Å². The van der Waals surface area contributed by atoms with Crippen LogP contribution >= 0.6 is 55.1 Å². The smallest absolute Gasteiger partial charge is 0.0598 e. The molecule has 7 heteroatoms. The quantitative estimate of drug-likeness (QED) is 0.357. The van der Waals surface area contributed by atoms with E-state index in [4.69, 9.17) is 23.2 Å². The molecule has 0 fully saturated rings. The third-order valence-corrected chi connectivity index (χ3v) is 5.53. The van der Waals surface area contributed by atoms with Crippen LogP contribution in [0.4, 0.5) is 0 Å². The number of aliphatic hydroxyl groups is 1. The fraction of sp³-hybridized carbons (Fsp3) is 0.238. The summed E-state index contributed by atoms with van der Waals surface area (Å²) in [6, 6.07) is 15.3. The van der Waals surface area contributed by atoms with Gasteiger partial charge in [0, 0.05) is 38.8 Å². The Morgan fingerprint density at radius 3 is 2.11 bits per heavy atom. The Morgan fingerprint density at radius 2 is 1.61 bits per heavy atom. The van der Waals surface area contributed by atoms with Crippen molar-refractivity contribution >= 4 is 55.1 Å². The van der Waals surface area contributed by atoms with E-state index in [0.29, 0.717) is 5.02 Å². The summed E-state index contributed by atoms with van der Waals surface area (Å²) in [4.78, 5) is 8.40. The van der Waals surface area contributed by atoms with Gasteiger partial charge >= 0.3 is 0 Å². The molecule has 0 aliphatic heterocycles. The molecule has 28 heavy (non-hydrogen) atoms. The Balaban J connectivity index is 0.000000261. The minimum Gasteiger partial charge on any atom is -0.393 e. The van der Waals surface area contributed by atoms with Crippen molar-refractivity contribution in [3.63, 3.8) is 0 Å². The minimum absolute atomic E-state index is 0.0192. The second-order valence-corrected chi connectivity index (χ2v) is 8.53. The average Bonchev–Trinajstić information content (AvgIpc) is 2.69. The van der Waals surface area contributed by atoms with Crippen molar-refractivity contribution in [1.29, 1.82) is 0 Å². The van der Waals surface area contributed by atoms with E-state index in [-0.39, 0.29) is 5.92 Å². The number of pyridine rings is 2. The predicted octanol–water partition coefficient (Wildman–Crippen LogP) is 6.83. The first-order valence-corrected chi connectivity index (χ1v) is 11.3. The highest BCUT2D eigenvalue weighted by molar-refractivity contribution is 9.10. The number of aliphatic hydroxyl groups excluding tert-OH is 1. The molecular weight excluding hydrogens is 527 g/mol. The van der Waals surface area contributed by atoms with E-state index in [2.05, 4.69) is 41.8 Å². The summed E-state index contributed by atoms with van der Waals surface area (Å²) in [5.41, 5.74) is 3.03. The molecule has 148 valence electrons. The second-order valence-electron chi connectivity index (χ2n) is 6.18. The third kappa shape index (κ3) is 7.80. The molecule has 0 aliphatic carbocycles. The molecule has 2 atom stereocenters. The van der Waals surface area contributed by atoms with Crippen molar-refractivity contribution < 1.29 is 5.11 Å². The summed E-state index contributed by atoms with van der Waals surface area (Å²) in [7, 11) is 0. The Morgan fingerprint density at radius 1 is 0.929 bits per heavy atom. The first-order valence-electron chi connectivity index (χ1n) is 8.59. The maximum Gasteiger partial charge on any atom is 0.0598 e. The molecule has 2 aromatic heterocycles. The van der Waals surface area contributed by atoms with E-state index in [9.17, 15) is 5.11 Å². The molecule has 3 rings (SSSR count). The SMILES string of the molecule is CC(O)C(Cc1ccc(Cl)cc1)c1ccc(Br)cn1.Clc1ccc(CBr)nc1. The molecule has 3 nitrogen and oxygen atoms in total. The molecule has 0 saturated carbocycles. The average molecular weight is 547 g/mol. The summed E-state index contributed by atoms with van der Waals surface area (Å²) in [5.74, 6) is -0.0192. The number of nitrogens with zero attached hydrogens (tertiary/aromatic N) is 2. The van der Waals surface area contributed by atoms with Crippen molar-refractivity contribution in [3.05, 3.63) is 92.4 Å². The number of aromatic nitrogens is 2. The Bertz CT molecular complexity index is 842. The molecule has 0 bridgehead atoms. The fourth-order valence-corrected chi connectivity index (χ4v) is 3.29. The number of hydrogen-bond acceptors (Lipinski definition) is 3. The van der Waals surface area contributed by atoms with Gasteiger partial charge in [-0.15, -0.1) is 0 Å². The van der Waals surface area contributed by atoms with Crippen LogP contribution in [0.5, 0.6) is 0 Å². The van der Waals surface area contributed by atoms with Crippen LogP contribution < -0.4 is 0 Å².